The number of fused-ring (bicyclic) bond motifs is 2. The number of aromatic nitrogens is 1. The third-order valence-electron chi connectivity index (χ3n) is 7.55. The minimum absolute atomic E-state index is 0.151. The van der Waals surface area contributed by atoms with E-state index in [0.29, 0.717) is 58.6 Å². The lowest BCUT2D eigenvalue weighted by atomic mass is 9.95. The molecule has 0 saturated carbocycles. The maximum Gasteiger partial charge on any atom is 0.301 e. The Morgan fingerprint density at radius 3 is 2.58 bits per heavy atom. The largest absolute Gasteiger partial charge is 0.507 e. The molecule has 2 aliphatic heterocycles. The number of carbonyl (C=O) groups is 2. The molecule has 1 aromatic heterocycles. The Balaban J connectivity index is 1.35. The molecule has 1 N–H and O–H groups in total. The summed E-state index contributed by atoms with van der Waals surface area (Å²) in [6.07, 6.45) is 0. The smallest absolute Gasteiger partial charge is 0.301 e. The maximum absolute atomic E-state index is 14.0. The lowest BCUT2D eigenvalue weighted by Crippen LogP contribution is -2.29. The minimum Gasteiger partial charge on any atom is -0.507 e. The van der Waals surface area contributed by atoms with Gasteiger partial charge in [0.2, 0.25) is 0 Å². The van der Waals surface area contributed by atoms with Gasteiger partial charge in [0.1, 0.15) is 31.4 Å². The van der Waals surface area contributed by atoms with E-state index in [0.717, 1.165) is 16.9 Å². The van der Waals surface area contributed by atoms with Crippen LogP contribution in [0.1, 0.15) is 22.7 Å². The van der Waals surface area contributed by atoms with Crippen LogP contribution in [0.25, 0.3) is 16.0 Å². The molecule has 1 fully saturated rings. The highest BCUT2D eigenvalue weighted by molar-refractivity contribution is 7.22. The van der Waals surface area contributed by atoms with Gasteiger partial charge in [-0.25, -0.2) is 9.37 Å². The van der Waals surface area contributed by atoms with Crippen molar-refractivity contribution in [1.82, 2.24) is 4.98 Å². The van der Waals surface area contributed by atoms with Crippen LogP contribution in [-0.4, -0.2) is 42.1 Å². The van der Waals surface area contributed by atoms with Gasteiger partial charge < -0.3 is 24.1 Å². The van der Waals surface area contributed by atoms with Crippen LogP contribution in [0.3, 0.4) is 0 Å². The summed E-state index contributed by atoms with van der Waals surface area (Å²) in [6.45, 7) is 1.02. The number of methoxy groups -OCH3 is 1. The number of aliphatic hydroxyl groups is 1. The van der Waals surface area contributed by atoms with Gasteiger partial charge in [0.15, 0.2) is 28.1 Å². The minimum atomic E-state index is -1.10. The first-order chi connectivity index (χ1) is 21.9. The normalized spacial score (nSPS) is 17.1. The first kappa shape index (κ1) is 28.4. The number of hydrogen-bond acceptors (Lipinski definition) is 9. The number of hydrogen-bond donors (Lipinski definition) is 1. The van der Waals surface area contributed by atoms with E-state index in [1.54, 1.807) is 36.4 Å². The number of Topliss-reactive ketones (excluding diaryl/α,β-unsaturated/α-hetero) is 1. The number of ketones is 1. The lowest BCUT2D eigenvalue weighted by molar-refractivity contribution is -0.132. The van der Waals surface area contributed by atoms with Gasteiger partial charge in [-0.05, 0) is 59.7 Å². The van der Waals surface area contributed by atoms with Gasteiger partial charge in [-0.15, -0.1) is 0 Å². The molecule has 3 heterocycles. The van der Waals surface area contributed by atoms with E-state index in [4.69, 9.17) is 18.9 Å². The van der Waals surface area contributed by atoms with E-state index in [1.807, 2.05) is 30.3 Å². The molecule has 0 spiro atoms. The highest BCUT2D eigenvalue weighted by atomic mass is 32.1. The Morgan fingerprint density at radius 1 is 0.978 bits per heavy atom. The number of thiazole rings is 1. The van der Waals surface area contributed by atoms with Gasteiger partial charge >= 0.3 is 5.91 Å². The number of nitrogens with zero attached hydrogens (tertiary/aromatic N) is 2. The molecular formula is C34H25FN2O7S. The molecule has 226 valence electrons. The van der Waals surface area contributed by atoms with Crippen molar-refractivity contribution < 1.29 is 38.0 Å². The van der Waals surface area contributed by atoms with Crippen molar-refractivity contribution in [2.75, 3.05) is 25.2 Å². The van der Waals surface area contributed by atoms with Gasteiger partial charge in [0.05, 0.1) is 28.9 Å². The van der Waals surface area contributed by atoms with Crippen molar-refractivity contribution in [2.24, 2.45) is 0 Å². The van der Waals surface area contributed by atoms with Crippen molar-refractivity contribution in [3.8, 4) is 23.0 Å². The Bertz CT molecular complexity index is 1990. The number of aliphatic hydroxyl groups excluding tert-OH is 1. The molecule has 7 rings (SSSR count). The second kappa shape index (κ2) is 11.6. The molecule has 0 bridgehead atoms. The molecule has 5 aromatic rings. The van der Waals surface area contributed by atoms with Crippen molar-refractivity contribution in [3.63, 3.8) is 0 Å². The van der Waals surface area contributed by atoms with E-state index in [-0.39, 0.29) is 16.3 Å². The van der Waals surface area contributed by atoms with E-state index >= 15 is 0 Å². The van der Waals surface area contributed by atoms with E-state index in [2.05, 4.69) is 4.98 Å². The summed E-state index contributed by atoms with van der Waals surface area (Å²) >= 11 is 1.06. The van der Waals surface area contributed by atoms with Crippen molar-refractivity contribution in [2.45, 2.75) is 12.6 Å². The Kier molecular flexibility index (Phi) is 7.30. The molecular weight excluding hydrogens is 599 g/mol. The Hall–Kier alpha value is -5.42. The predicted octanol–water partition coefficient (Wildman–Crippen LogP) is 6.42. The van der Waals surface area contributed by atoms with Crippen molar-refractivity contribution in [1.29, 1.82) is 0 Å². The average molecular weight is 625 g/mol. The summed E-state index contributed by atoms with van der Waals surface area (Å²) in [5, 5.41) is 11.8. The van der Waals surface area contributed by atoms with E-state index in [9.17, 15) is 19.1 Å². The van der Waals surface area contributed by atoms with Crippen molar-refractivity contribution >= 4 is 44.1 Å². The quantitative estimate of drug-likeness (QED) is 0.126. The number of ether oxygens (including phenoxy) is 4. The number of rotatable bonds is 7. The van der Waals surface area contributed by atoms with Gasteiger partial charge in [-0.2, -0.15) is 0 Å². The van der Waals surface area contributed by atoms with Crippen LogP contribution in [-0.2, 0) is 16.2 Å². The standard InChI is InChI=1S/C34H25FN2O7S/c1-41-26-15-20(7-11-24(26)44-18-19-5-3-2-4-6-19)30-29(31(38)21-8-12-25-27(16-21)43-14-13-42-25)32(39)33(40)37(30)34-36-23-10-9-22(35)17-28(23)45-34/h2-12,15-17,30,38H,13-14,18H2,1H3/b31-29+. The van der Waals surface area contributed by atoms with Gasteiger partial charge in [0.25, 0.3) is 5.78 Å². The lowest BCUT2D eigenvalue weighted by Gasteiger charge is -2.24. The van der Waals surface area contributed by atoms with Crippen LogP contribution in [0, 0.1) is 5.82 Å². The third-order valence-corrected chi connectivity index (χ3v) is 8.56. The van der Waals surface area contributed by atoms with Gasteiger partial charge in [-0.3, -0.25) is 14.5 Å². The summed E-state index contributed by atoms with van der Waals surface area (Å²) in [4.78, 5) is 33.2. The van der Waals surface area contributed by atoms with E-state index < -0.39 is 29.3 Å². The zero-order chi connectivity index (χ0) is 31.1. The fourth-order valence-electron chi connectivity index (χ4n) is 5.39. The molecule has 1 unspecified atom stereocenters. The molecule has 1 amide bonds. The second-order valence-electron chi connectivity index (χ2n) is 10.3. The average Bonchev–Trinajstić information content (AvgIpc) is 3.60. The molecule has 4 aromatic carbocycles. The van der Waals surface area contributed by atoms with Crippen LogP contribution in [0.15, 0.2) is 90.5 Å². The van der Waals surface area contributed by atoms with Crippen LogP contribution in [0.2, 0.25) is 0 Å². The zero-order valence-electron chi connectivity index (χ0n) is 23.9. The topological polar surface area (TPSA) is 107 Å². The SMILES string of the molecule is COc1cc(C2/C(=C(\O)c3ccc4c(c3)OCCO4)C(=O)C(=O)N2c2nc3ccc(F)cc3s2)ccc1OCc1ccccc1. The number of anilines is 1. The zero-order valence-corrected chi connectivity index (χ0v) is 24.7. The fourth-order valence-corrected chi connectivity index (χ4v) is 6.41. The van der Waals surface area contributed by atoms with Crippen LogP contribution < -0.4 is 23.8 Å². The molecule has 1 atom stereocenters. The maximum atomic E-state index is 14.0. The van der Waals surface area contributed by atoms with Crippen LogP contribution in [0.4, 0.5) is 9.52 Å². The number of amides is 1. The van der Waals surface area contributed by atoms with Gasteiger partial charge in [-0.1, -0.05) is 47.7 Å². The first-order valence-corrected chi connectivity index (χ1v) is 14.8. The Morgan fingerprint density at radius 2 is 1.78 bits per heavy atom. The molecule has 9 nitrogen and oxygen atoms in total. The summed E-state index contributed by atoms with van der Waals surface area (Å²) in [5.41, 5.74) is 2.00. The number of halogens is 1. The Labute approximate surface area is 260 Å². The first-order valence-electron chi connectivity index (χ1n) is 14.0. The van der Waals surface area contributed by atoms with Crippen LogP contribution in [0.5, 0.6) is 23.0 Å². The third kappa shape index (κ3) is 5.21. The summed E-state index contributed by atoms with van der Waals surface area (Å²) in [5.74, 6) is -0.912. The highest BCUT2D eigenvalue weighted by Gasteiger charge is 2.48. The van der Waals surface area contributed by atoms with Gasteiger partial charge in [0, 0.05) is 5.56 Å². The van der Waals surface area contributed by atoms with Crippen molar-refractivity contribution in [3.05, 3.63) is 113 Å². The summed E-state index contributed by atoms with van der Waals surface area (Å²) in [7, 11) is 1.49. The predicted molar refractivity (Wildman–Crippen MR) is 166 cm³/mol. The molecule has 45 heavy (non-hydrogen) atoms. The summed E-state index contributed by atoms with van der Waals surface area (Å²) < 4.78 is 37.5. The molecule has 2 aliphatic rings. The molecule has 0 aliphatic carbocycles. The highest BCUT2D eigenvalue weighted by Crippen LogP contribution is 2.46. The molecule has 11 heteroatoms. The van der Waals surface area contributed by atoms with E-state index in [1.165, 1.54) is 30.2 Å². The number of benzene rings is 4. The number of carbonyl (C=O) groups excluding carboxylic acids is 2. The fraction of sp³-hybridized carbons (Fsp3) is 0.147. The molecule has 0 radical (unpaired) electrons. The summed E-state index contributed by atoms with van der Waals surface area (Å²) in [6, 6.07) is 22.5. The second-order valence-corrected chi connectivity index (χ2v) is 11.3. The van der Waals surface area contributed by atoms with Crippen LogP contribution >= 0.6 is 11.3 Å². The molecule has 1 saturated heterocycles. The monoisotopic (exact) mass is 624 g/mol.